The summed E-state index contributed by atoms with van der Waals surface area (Å²) in [5, 5.41) is 0. The summed E-state index contributed by atoms with van der Waals surface area (Å²) < 4.78 is 5.85. The number of pyridine rings is 2. The zero-order valence-electron chi connectivity index (χ0n) is 13.0. The molecule has 0 aliphatic carbocycles. The van der Waals surface area contributed by atoms with Crippen molar-refractivity contribution < 1.29 is 9.53 Å². The van der Waals surface area contributed by atoms with E-state index in [0.717, 1.165) is 23.4 Å². The number of amides is 1. The van der Waals surface area contributed by atoms with E-state index in [1.807, 2.05) is 36.1 Å². The number of nitrogens with zero attached hydrogens (tertiary/aromatic N) is 3. The number of rotatable bonds is 5. The molecule has 0 N–H and O–H groups in total. The molecule has 0 aromatic carbocycles. The molecule has 0 spiro atoms. The number of thioether (sulfide) groups is 1. The second-order valence-electron chi connectivity index (χ2n) is 5.51. The van der Waals surface area contributed by atoms with Gasteiger partial charge in [0.15, 0.2) is 0 Å². The first-order chi connectivity index (χ1) is 11.2. The summed E-state index contributed by atoms with van der Waals surface area (Å²) in [6, 6.07) is 7.68. The Bertz CT molecular complexity index is 649. The van der Waals surface area contributed by atoms with Gasteiger partial charge < -0.3 is 9.64 Å². The van der Waals surface area contributed by atoms with E-state index in [-0.39, 0.29) is 12.0 Å². The van der Waals surface area contributed by atoms with Gasteiger partial charge in [-0.3, -0.25) is 9.78 Å². The standard InChI is InChI=1S/C17H19N3O2S/c1-13-2-3-16(19-10-13)22-14-6-9-20(11-14)17(21)12-23-15-4-7-18-8-5-15/h2-5,7-8,10,14H,6,9,11-12H2,1H3/t14-/m1/s1. The van der Waals surface area contributed by atoms with Crippen molar-refractivity contribution in [1.82, 2.24) is 14.9 Å². The van der Waals surface area contributed by atoms with Crippen LogP contribution in [-0.2, 0) is 4.79 Å². The molecular formula is C17H19N3O2S. The predicted octanol–water partition coefficient (Wildman–Crippen LogP) is 2.56. The lowest BCUT2D eigenvalue weighted by Crippen LogP contribution is -2.32. The predicted molar refractivity (Wildman–Crippen MR) is 89.5 cm³/mol. The van der Waals surface area contributed by atoms with E-state index in [0.29, 0.717) is 18.2 Å². The van der Waals surface area contributed by atoms with E-state index in [2.05, 4.69) is 9.97 Å². The fourth-order valence-corrected chi connectivity index (χ4v) is 3.20. The molecule has 6 heteroatoms. The van der Waals surface area contributed by atoms with Crippen molar-refractivity contribution in [1.29, 1.82) is 0 Å². The molecule has 2 aromatic heterocycles. The first-order valence-corrected chi connectivity index (χ1v) is 8.59. The number of carbonyl (C=O) groups excluding carboxylic acids is 1. The van der Waals surface area contributed by atoms with Gasteiger partial charge in [-0.15, -0.1) is 11.8 Å². The minimum absolute atomic E-state index is 0.0279. The Morgan fingerprint density at radius 1 is 1.35 bits per heavy atom. The van der Waals surface area contributed by atoms with Gasteiger partial charge in [0.05, 0.1) is 12.3 Å². The summed E-state index contributed by atoms with van der Waals surface area (Å²) in [7, 11) is 0. The normalized spacial score (nSPS) is 17.3. The molecule has 3 heterocycles. The number of likely N-dealkylation sites (tertiary alicyclic amines) is 1. The van der Waals surface area contributed by atoms with Crippen LogP contribution in [0.1, 0.15) is 12.0 Å². The molecule has 0 saturated carbocycles. The number of aromatic nitrogens is 2. The van der Waals surface area contributed by atoms with Crippen LogP contribution in [-0.4, -0.2) is 45.7 Å². The van der Waals surface area contributed by atoms with Crippen molar-refractivity contribution in [3.05, 3.63) is 48.4 Å². The molecule has 0 radical (unpaired) electrons. The summed E-state index contributed by atoms with van der Waals surface area (Å²) in [5.41, 5.74) is 1.11. The topological polar surface area (TPSA) is 55.3 Å². The first kappa shape index (κ1) is 15.8. The molecule has 1 saturated heterocycles. The number of aryl methyl sites for hydroxylation is 1. The van der Waals surface area contributed by atoms with Gasteiger partial charge in [-0.05, 0) is 24.6 Å². The fraction of sp³-hybridized carbons (Fsp3) is 0.353. The molecule has 0 unspecified atom stereocenters. The highest BCUT2D eigenvalue weighted by atomic mass is 32.2. The third-order valence-corrected chi connectivity index (χ3v) is 4.68. The van der Waals surface area contributed by atoms with Gasteiger partial charge in [0.1, 0.15) is 6.10 Å². The van der Waals surface area contributed by atoms with Crippen LogP contribution in [0.3, 0.4) is 0 Å². The lowest BCUT2D eigenvalue weighted by molar-refractivity contribution is -0.127. The lowest BCUT2D eigenvalue weighted by atomic mass is 10.3. The molecule has 1 fully saturated rings. The van der Waals surface area contributed by atoms with Crippen molar-refractivity contribution in [2.45, 2.75) is 24.3 Å². The number of carbonyl (C=O) groups is 1. The Labute approximate surface area is 140 Å². The van der Waals surface area contributed by atoms with Crippen LogP contribution in [0.4, 0.5) is 0 Å². The lowest BCUT2D eigenvalue weighted by Gasteiger charge is -2.16. The van der Waals surface area contributed by atoms with Crippen LogP contribution in [0.15, 0.2) is 47.8 Å². The number of hydrogen-bond donors (Lipinski definition) is 0. The van der Waals surface area contributed by atoms with Crippen LogP contribution in [0.5, 0.6) is 5.88 Å². The van der Waals surface area contributed by atoms with Crippen LogP contribution < -0.4 is 4.74 Å². The Balaban J connectivity index is 1.47. The Kier molecular flexibility index (Phi) is 5.12. The van der Waals surface area contributed by atoms with Gasteiger partial charge in [0.2, 0.25) is 11.8 Å². The highest BCUT2D eigenvalue weighted by Gasteiger charge is 2.27. The maximum atomic E-state index is 12.3. The van der Waals surface area contributed by atoms with Gasteiger partial charge in [0.25, 0.3) is 0 Å². The highest BCUT2D eigenvalue weighted by Crippen LogP contribution is 2.20. The van der Waals surface area contributed by atoms with Gasteiger partial charge in [0, 0.05) is 42.5 Å². The van der Waals surface area contributed by atoms with E-state index in [1.165, 1.54) is 11.8 Å². The summed E-state index contributed by atoms with van der Waals surface area (Å²) in [6.07, 6.45) is 6.14. The number of ether oxygens (including phenoxy) is 1. The molecule has 1 aliphatic rings. The van der Waals surface area contributed by atoms with Crippen molar-refractivity contribution >= 4 is 17.7 Å². The third kappa shape index (κ3) is 4.45. The quantitative estimate of drug-likeness (QED) is 0.789. The van der Waals surface area contributed by atoms with Crippen molar-refractivity contribution in [3.8, 4) is 5.88 Å². The van der Waals surface area contributed by atoms with Gasteiger partial charge in [-0.25, -0.2) is 4.98 Å². The molecule has 3 rings (SSSR count). The molecule has 0 bridgehead atoms. The smallest absolute Gasteiger partial charge is 0.233 e. The molecule has 5 nitrogen and oxygen atoms in total. The van der Waals surface area contributed by atoms with Gasteiger partial charge in [-0.1, -0.05) is 6.07 Å². The van der Waals surface area contributed by atoms with Crippen molar-refractivity contribution in [3.63, 3.8) is 0 Å². The van der Waals surface area contributed by atoms with Crippen LogP contribution in [0.2, 0.25) is 0 Å². The van der Waals surface area contributed by atoms with E-state index in [9.17, 15) is 4.79 Å². The fourth-order valence-electron chi connectivity index (χ4n) is 2.42. The second-order valence-corrected chi connectivity index (χ2v) is 6.56. The first-order valence-electron chi connectivity index (χ1n) is 7.60. The average molecular weight is 329 g/mol. The Morgan fingerprint density at radius 3 is 2.91 bits per heavy atom. The van der Waals surface area contributed by atoms with E-state index < -0.39 is 0 Å². The van der Waals surface area contributed by atoms with Crippen molar-refractivity contribution in [2.75, 3.05) is 18.8 Å². The second kappa shape index (κ2) is 7.46. The molecular weight excluding hydrogens is 310 g/mol. The summed E-state index contributed by atoms with van der Waals surface area (Å²) in [4.78, 5) is 23.4. The highest BCUT2D eigenvalue weighted by molar-refractivity contribution is 8.00. The summed E-state index contributed by atoms with van der Waals surface area (Å²) in [5.74, 6) is 1.22. The molecule has 2 aromatic rings. The third-order valence-electron chi connectivity index (χ3n) is 3.68. The van der Waals surface area contributed by atoms with Crippen LogP contribution >= 0.6 is 11.8 Å². The molecule has 23 heavy (non-hydrogen) atoms. The SMILES string of the molecule is Cc1ccc(O[C@@H]2CCN(C(=O)CSc3ccncc3)C2)nc1. The van der Waals surface area contributed by atoms with E-state index in [1.54, 1.807) is 18.6 Å². The van der Waals surface area contributed by atoms with Crippen molar-refractivity contribution in [2.24, 2.45) is 0 Å². The average Bonchev–Trinajstić information content (AvgIpc) is 3.04. The summed E-state index contributed by atoms with van der Waals surface area (Å²) in [6.45, 7) is 3.37. The maximum absolute atomic E-state index is 12.3. The molecule has 1 aliphatic heterocycles. The number of hydrogen-bond acceptors (Lipinski definition) is 5. The maximum Gasteiger partial charge on any atom is 0.233 e. The zero-order chi connectivity index (χ0) is 16.1. The van der Waals surface area contributed by atoms with Crippen LogP contribution in [0, 0.1) is 6.92 Å². The summed E-state index contributed by atoms with van der Waals surface area (Å²) >= 11 is 1.54. The zero-order valence-corrected chi connectivity index (χ0v) is 13.8. The van der Waals surface area contributed by atoms with E-state index >= 15 is 0 Å². The molecule has 1 atom stereocenters. The van der Waals surface area contributed by atoms with Crippen LogP contribution in [0.25, 0.3) is 0 Å². The van der Waals surface area contributed by atoms with Gasteiger partial charge in [-0.2, -0.15) is 0 Å². The van der Waals surface area contributed by atoms with Gasteiger partial charge >= 0.3 is 0 Å². The Hall–Kier alpha value is -2.08. The monoisotopic (exact) mass is 329 g/mol. The minimum Gasteiger partial charge on any atom is -0.472 e. The molecule has 120 valence electrons. The Morgan fingerprint density at radius 2 is 2.17 bits per heavy atom. The minimum atomic E-state index is 0.0279. The molecule has 1 amide bonds. The van der Waals surface area contributed by atoms with E-state index in [4.69, 9.17) is 4.74 Å². The largest absolute Gasteiger partial charge is 0.472 e.